The second-order valence-corrected chi connectivity index (χ2v) is 3.92. The van der Waals surface area contributed by atoms with Crippen molar-refractivity contribution in [2.45, 2.75) is 31.2 Å². The van der Waals surface area contributed by atoms with E-state index >= 15 is 0 Å². The predicted molar refractivity (Wildman–Crippen MR) is 46.8 cm³/mol. The highest BCUT2D eigenvalue weighted by Crippen LogP contribution is 2.37. The van der Waals surface area contributed by atoms with Gasteiger partial charge in [-0.25, -0.2) is 0 Å². The molecule has 0 radical (unpaired) electrons. The predicted octanol–water partition coefficient (Wildman–Crippen LogP) is 0.361. The van der Waals surface area contributed by atoms with E-state index in [0.29, 0.717) is 5.54 Å². The number of nitrogens with one attached hydrogen (secondary N) is 1. The van der Waals surface area contributed by atoms with Gasteiger partial charge >= 0.3 is 0 Å². The number of amides is 1. The number of hydrogen-bond donors (Lipinski definition) is 1. The van der Waals surface area contributed by atoms with Gasteiger partial charge in [0.1, 0.15) is 0 Å². The van der Waals surface area contributed by atoms with Gasteiger partial charge in [-0.3, -0.25) is 9.69 Å². The first-order valence-electron chi connectivity index (χ1n) is 4.79. The summed E-state index contributed by atoms with van der Waals surface area (Å²) in [7, 11) is 0. The van der Waals surface area contributed by atoms with E-state index in [-0.39, 0.29) is 0 Å². The van der Waals surface area contributed by atoms with Crippen LogP contribution in [0.4, 0.5) is 0 Å². The summed E-state index contributed by atoms with van der Waals surface area (Å²) < 4.78 is 0. The molecule has 0 atom stereocenters. The molecule has 2 fully saturated rings. The van der Waals surface area contributed by atoms with Crippen molar-refractivity contribution in [1.29, 1.82) is 0 Å². The van der Waals surface area contributed by atoms with E-state index < -0.39 is 0 Å². The van der Waals surface area contributed by atoms with Crippen molar-refractivity contribution < 1.29 is 4.79 Å². The van der Waals surface area contributed by atoms with Crippen LogP contribution in [0, 0.1) is 0 Å². The average molecular weight is 168 g/mol. The molecule has 68 valence electrons. The first kappa shape index (κ1) is 8.05. The maximum atomic E-state index is 10.2. The van der Waals surface area contributed by atoms with Crippen LogP contribution < -0.4 is 5.32 Å². The van der Waals surface area contributed by atoms with E-state index in [4.69, 9.17) is 0 Å². The zero-order valence-electron chi connectivity index (χ0n) is 7.38. The average Bonchev–Trinajstić information content (AvgIpc) is 2.58. The highest BCUT2D eigenvalue weighted by atomic mass is 16.1. The fourth-order valence-corrected chi connectivity index (χ4v) is 2.75. The summed E-state index contributed by atoms with van der Waals surface area (Å²) >= 11 is 0. The maximum Gasteiger partial charge on any atom is 0.207 e. The molecule has 0 aromatic heterocycles. The van der Waals surface area contributed by atoms with Crippen molar-refractivity contribution in [3.8, 4) is 0 Å². The summed E-state index contributed by atoms with van der Waals surface area (Å²) in [6.45, 7) is 3.33. The smallest absolute Gasteiger partial charge is 0.207 e. The molecule has 1 amide bonds. The quantitative estimate of drug-likeness (QED) is 0.617. The van der Waals surface area contributed by atoms with Gasteiger partial charge < -0.3 is 5.32 Å². The Morgan fingerprint density at radius 2 is 2.00 bits per heavy atom. The van der Waals surface area contributed by atoms with Crippen molar-refractivity contribution in [2.75, 3.05) is 19.6 Å². The third-order valence-corrected chi connectivity index (χ3v) is 3.33. The van der Waals surface area contributed by atoms with Gasteiger partial charge in [-0.1, -0.05) is 0 Å². The Labute approximate surface area is 73.1 Å². The van der Waals surface area contributed by atoms with Crippen LogP contribution in [0.5, 0.6) is 0 Å². The molecule has 0 spiro atoms. The summed E-state index contributed by atoms with van der Waals surface area (Å²) in [5.41, 5.74) is 0.348. The molecule has 2 rings (SSSR count). The Kier molecular flexibility index (Phi) is 2.05. The Bertz CT molecular complexity index is 171. The standard InChI is InChI=1S/C9H16N2O/c12-8-10-7-9-3-1-5-11(9)6-2-4-9/h8H,1-7H2,(H,10,12). The van der Waals surface area contributed by atoms with E-state index in [2.05, 4.69) is 10.2 Å². The van der Waals surface area contributed by atoms with Crippen LogP contribution in [0.1, 0.15) is 25.7 Å². The molecule has 0 aliphatic carbocycles. The number of carbonyl (C=O) groups is 1. The third kappa shape index (κ3) is 1.12. The fourth-order valence-electron chi connectivity index (χ4n) is 2.75. The molecule has 2 saturated heterocycles. The van der Waals surface area contributed by atoms with Gasteiger partial charge in [0.05, 0.1) is 0 Å². The van der Waals surface area contributed by atoms with Crippen molar-refractivity contribution >= 4 is 6.41 Å². The molecule has 0 saturated carbocycles. The zero-order valence-corrected chi connectivity index (χ0v) is 7.38. The number of rotatable bonds is 3. The minimum absolute atomic E-state index is 0.348. The summed E-state index contributed by atoms with van der Waals surface area (Å²) in [6, 6.07) is 0. The summed E-state index contributed by atoms with van der Waals surface area (Å²) in [4.78, 5) is 12.8. The van der Waals surface area contributed by atoms with Crippen LogP contribution in [-0.2, 0) is 4.79 Å². The van der Waals surface area contributed by atoms with Gasteiger partial charge in [0.25, 0.3) is 0 Å². The Balaban J connectivity index is 2.01. The molecule has 3 nitrogen and oxygen atoms in total. The molecule has 0 unspecified atom stereocenters. The lowest BCUT2D eigenvalue weighted by molar-refractivity contribution is -0.110. The lowest BCUT2D eigenvalue weighted by Crippen LogP contribution is -2.46. The molecule has 2 aliphatic heterocycles. The van der Waals surface area contributed by atoms with Gasteiger partial charge in [-0.05, 0) is 38.8 Å². The number of fused-ring (bicyclic) bond motifs is 1. The minimum atomic E-state index is 0.348. The SMILES string of the molecule is O=CNCC12CCCN1CCC2. The van der Waals surface area contributed by atoms with Gasteiger partial charge in [-0.15, -0.1) is 0 Å². The van der Waals surface area contributed by atoms with Crippen LogP contribution in [0.15, 0.2) is 0 Å². The number of hydrogen-bond acceptors (Lipinski definition) is 2. The van der Waals surface area contributed by atoms with Gasteiger partial charge in [0.15, 0.2) is 0 Å². The van der Waals surface area contributed by atoms with Crippen LogP contribution in [0.2, 0.25) is 0 Å². The number of nitrogens with zero attached hydrogens (tertiary/aromatic N) is 1. The monoisotopic (exact) mass is 168 g/mol. The third-order valence-electron chi connectivity index (χ3n) is 3.33. The number of carbonyl (C=O) groups excluding carboxylic acids is 1. The molecule has 0 aromatic rings. The van der Waals surface area contributed by atoms with Gasteiger partial charge in [0, 0.05) is 12.1 Å². The summed E-state index contributed by atoms with van der Waals surface area (Å²) in [5, 5.41) is 2.83. The first-order valence-corrected chi connectivity index (χ1v) is 4.79. The lowest BCUT2D eigenvalue weighted by atomic mass is 9.94. The van der Waals surface area contributed by atoms with Gasteiger partial charge in [-0.2, -0.15) is 0 Å². The van der Waals surface area contributed by atoms with Crippen LogP contribution in [0.3, 0.4) is 0 Å². The first-order chi connectivity index (χ1) is 5.87. The van der Waals surface area contributed by atoms with Gasteiger partial charge in [0.2, 0.25) is 6.41 Å². The topological polar surface area (TPSA) is 32.3 Å². The summed E-state index contributed by atoms with van der Waals surface area (Å²) in [5.74, 6) is 0. The van der Waals surface area contributed by atoms with E-state index in [1.54, 1.807) is 0 Å². The molecular formula is C9H16N2O. The van der Waals surface area contributed by atoms with Crippen molar-refractivity contribution in [3.63, 3.8) is 0 Å². The Morgan fingerprint density at radius 3 is 2.58 bits per heavy atom. The van der Waals surface area contributed by atoms with Crippen LogP contribution in [0.25, 0.3) is 0 Å². The normalized spacial score (nSPS) is 27.0. The Morgan fingerprint density at radius 1 is 1.33 bits per heavy atom. The molecule has 12 heavy (non-hydrogen) atoms. The van der Waals surface area contributed by atoms with Crippen molar-refractivity contribution in [3.05, 3.63) is 0 Å². The van der Waals surface area contributed by atoms with E-state index in [0.717, 1.165) is 13.0 Å². The summed E-state index contributed by atoms with van der Waals surface area (Å²) in [6.07, 6.45) is 5.98. The Hall–Kier alpha value is -0.570. The largest absolute Gasteiger partial charge is 0.357 e. The molecule has 0 bridgehead atoms. The van der Waals surface area contributed by atoms with E-state index in [1.807, 2.05) is 0 Å². The van der Waals surface area contributed by atoms with Crippen molar-refractivity contribution in [2.24, 2.45) is 0 Å². The molecule has 1 N–H and O–H groups in total. The van der Waals surface area contributed by atoms with Crippen molar-refractivity contribution in [1.82, 2.24) is 10.2 Å². The van der Waals surface area contributed by atoms with Crippen LogP contribution in [-0.4, -0.2) is 36.5 Å². The lowest BCUT2D eigenvalue weighted by Gasteiger charge is -2.31. The van der Waals surface area contributed by atoms with Crippen LogP contribution >= 0.6 is 0 Å². The van der Waals surface area contributed by atoms with E-state index in [9.17, 15) is 4.79 Å². The second-order valence-electron chi connectivity index (χ2n) is 3.92. The second kappa shape index (κ2) is 3.05. The molecule has 2 heterocycles. The molecule has 3 heteroatoms. The van der Waals surface area contributed by atoms with E-state index in [1.165, 1.54) is 38.8 Å². The fraction of sp³-hybridized carbons (Fsp3) is 0.889. The molecule has 0 aromatic carbocycles. The molecular weight excluding hydrogens is 152 g/mol. The maximum absolute atomic E-state index is 10.2. The molecule has 2 aliphatic rings. The zero-order chi connectivity index (χ0) is 8.44. The highest BCUT2D eigenvalue weighted by molar-refractivity contribution is 5.46. The highest BCUT2D eigenvalue weighted by Gasteiger charge is 2.43. The minimum Gasteiger partial charge on any atom is -0.357 e.